The summed E-state index contributed by atoms with van der Waals surface area (Å²) in [6.07, 6.45) is 2.15. The molecule has 2 aromatic rings. The Morgan fingerprint density at radius 3 is 2.23 bits per heavy atom. The van der Waals surface area contributed by atoms with Gasteiger partial charge in [0, 0.05) is 32.9 Å². The Hall–Kier alpha value is -3.28. The van der Waals surface area contributed by atoms with E-state index in [1.54, 1.807) is 7.11 Å². The van der Waals surface area contributed by atoms with Gasteiger partial charge in [0.25, 0.3) is 11.8 Å². The summed E-state index contributed by atoms with van der Waals surface area (Å²) in [6.45, 7) is 3.76. The molecular formula is C25H29N3O3. The van der Waals surface area contributed by atoms with Crippen LogP contribution in [-0.4, -0.2) is 51.0 Å². The molecule has 0 spiro atoms. The van der Waals surface area contributed by atoms with Gasteiger partial charge in [0.2, 0.25) is 0 Å². The van der Waals surface area contributed by atoms with Crippen molar-refractivity contribution in [3.8, 4) is 5.75 Å². The van der Waals surface area contributed by atoms with Gasteiger partial charge in [-0.25, -0.2) is 4.90 Å². The van der Waals surface area contributed by atoms with E-state index in [4.69, 9.17) is 4.74 Å². The molecule has 2 aromatic carbocycles. The second-order valence-electron chi connectivity index (χ2n) is 8.50. The minimum atomic E-state index is -0.277. The number of nitrogens with zero attached hydrogens (tertiary/aromatic N) is 3. The molecule has 6 heteroatoms. The lowest BCUT2D eigenvalue weighted by molar-refractivity contribution is -0.120. The zero-order valence-corrected chi connectivity index (χ0v) is 18.6. The molecule has 0 aliphatic carbocycles. The van der Waals surface area contributed by atoms with Crippen LogP contribution in [0, 0.1) is 5.92 Å². The van der Waals surface area contributed by atoms with Crippen molar-refractivity contribution in [2.45, 2.75) is 19.8 Å². The third-order valence-electron chi connectivity index (χ3n) is 6.04. The Morgan fingerprint density at radius 1 is 0.968 bits per heavy atom. The van der Waals surface area contributed by atoms with Crippen LogP contribution < -0.4 is 14.5 Å². The van der Waals surface area contributed by atoms with Crippen LogP contribution in [0.3, 0.4) is 0 Å². The average molecular weight is 420 g/mol. The van der Waals surface area contributed by atoms with Gasteiger partial charge in [-0.05, 0) is 60.7 Å². The molecule has 2 aliphatic rings. The highest BCUT2D eigenvalue weighted by atomic mass is 16.5. The fraction of sp³-hybridized carbons (Fsp3) is 0.360. The smallest absolute Gasteiger partial charge is 0.282 e. The first-order valence-electron chi connectivity index (χ1n) is 10.7. The number of likely N-dealkylation sites (tertiary alicyclic amines) is 1. The summed E-state index contributed by atoms with van der Waals surface area (Å²) in [5, 5.41) is 0. The molecule has 31 heavy (non-hydrogen) atoms. The van der Waals surface area contributed by atoms with Crippen molar-refractivity contribution < 1.29 is 14.3 Å². The van der Waals surface area contributed by atoms with E-state index in [2.05, 4.69) is 11.8 Å². The number of benzene rings is 2. The maximum atomic E-state index is 13.6. The van der Waals surface area contributed by atoms with Crippen LogP contribution in [-0.2, 0) is 9.59 Å². The molecule has 1 unspecified atom stereocenters. The lowest BCUT2D eigenvalue weighted by Gasteiger charge is -2.33. The third kappa shape index (κ3) is 3.90. The molecule has 4 rings (SSSR count). The molecular weight excluding hydrogens is 390 g/mol. The van der Waals surface area contributed by atoms with E-state index in [1.165, 1.54) is 4.90 Å². The van der Waals surface area contributed by atoms with Crippen LogP contribution in [0.2, 0.25) is 0 Å². The van der Waals surface area contributed by atoms with E-state index in [1.807, 2.05) is 67.5 Å². The van der Waals surface area contributed by atoms with Crippen LogP contribution >= 0.6 is 0 Å². The summed E-state index contributed by atoms with van der Waals surface area (Å²) in [5.74, 6) is 0.670. The Labute approximate surface area is 183 Å². The third-order valence-corrected chi connectivity index (χ3v) is 6.04. The van der Waals surface area contributed by atoms with E-state index in [0.29, 0.717) is 28.6 Å². The summed E-state index contributed by atoms with van der Waals surface area (Å²) >= 11 is 0. The molecule has 1 saturated heterocycles. The van der Waals surface area contributed by atoms with Gasteiger partial charge in [-0.2, -0.15) is 0 Å². The first-order valence-corrected chi connectivity index (χ1v) is 10.7. The maximum absolute atomic E-state index is 13.6. The summed E-state index contributed by atoms with van der Waals surface area (Å²) in [7, 11) is 5.53. The second-order valence-corrected chi connectivity index (χ2v) is 8.50. The van der Waals surface area contributed by atoms with Crippen molar-refractivity contribution >= 4 is 28.8 Å². The number of anilines is 2. The van der Waals surface area contributed by atoms with Crippen molar-refractivity contribution in [3.05, 3.63) is 59.8 Å². The number of carbonyl (C=O) groups excluding carboxylic acids is 2. The molecule has 1 atom stereocenters. The summed E-state index contributed by atoms with van der Waals surface area (Å²) in [4.78, 5) is 32.6. The highest BCUT2D eigenvalue weighted by molar-refractivity contribution is 6.45. The number of rotatable bonds is 5. The van der Waals surface area contributed by atoms with Gasteiger partial charge < -0.3 is 14.5 Å². The van der Waals surface area contributed by atoms with E-state index in [0.717, 1.165) is 37.2 Å². The van der Waals surface area contributed by atoms with Gasteiger partial charge in [-0.1, -0.05) is 19.1 Å². The number of imide groups is 1. The monoisotopic (exact) mass is 419 g/mol. The molecule has 2 aliphatic heterocycles. The van der Waals surface area contributed by atoms with Gasteiger partial charge in [0.05, 0.1) is 18.4 Å². The molecule has 6 nitrogen and oxygen atoms in total. The fourth-order valence-electron chi connectivity index (χ4n) is 4.36. The van der Waals surface area contributed by atoms with Crippen molar-refractivity contribution in [2.24, 2.45) is 5.92 Å². The number of piperidine rings is 1. The minimum Gasteiger partial charge on any atom is -0.497 e. The number of amides is 2. The number of hydrogen-bond acceptors (Lipinski definition) is 5. The van der Waals surface area contributed by atoms with Crippen molar-refractivity contribution in [3.63, 3.8) is 0 Å². The summed E-state index contributed by atoms with van der Waals surface area (Å²) in [5.41, 5.74) is 3.32. The average Bonchev–Trinajstić information content (AvgIpc) is 3.04. The van der Waals surface area contributed by atoms with Gasteiger partial charge >= 0.3 is 0 Å². The van der Waals surface area contributed by atoms with Crippen molar-refractivity contribution in [1.82, 2.24) is 4.90 Å². The van der Waals surface area contributed by atoms with Crippen molar-refractivity contribution in [2.75, 3.05) is 44.1 Å². The molecule has 0 N–H and O–H groups in total. The fourth-order valence-corrected chi connectivity index (χ4v) is 4.36. The molecule has 0 saturated carbocycles. The Morgan fingerprint density at radius 2 is 1.65 bits per heavy atom. The molecule has 1 fully saturated rings. The van der Waals surface area contributed by atoms with E-state index >= 15 is 0 Å². The number of ether oxygens (including phenoxy) is 1. The van der Waals surface area contributed by atoms with Gasteiger partial charge in [-0.3, -0.25) is 9.59 Å². The topological polar surface area (TPSA) is 53.1 Å². The second kappa shape index (κ2) is 8.46. The van der Waals surface area contributed by atoms with E-state index in [9.17, 15) is 9.59 Å². The first-order chi connectivity index (χ1) is 14.9. The highest BCUT2D eigenvalue weighted by Crippen LogP contribution is 2.37. The molecule has 162 valence electrons. The van der Waals surface area contributed by atoms with Crippen LogP contribution in [0.1, 0.15) is 25.3 Å². The zero-order valence-electron chi connectivity index (χ0n) is 18.6. The van der Waals surface area contributed by atoms with Crippen LogP contribution in [0.15, 0.2) is 54.2 Å². The predicted octanol–water partition coefficient (Wildman–Crippen LogP) is 3.78. The summed E-state index contributed by atoms with van der Waals surface area (Å²) < 4.78 is 5.27. The zero-order chi connectivity index (χ0) is 22.1. The van der Waals surface area contributed by atoms with Crippen LogP contribution in [0.4, 0.5) is 11.4 Å². The molecule has 0 bridgehead atoms. The quantitative estimate of drug-likeness (QED) is 0.691. The molecule has 2 amide bonds. The number of methoxy groups -OCH3 is 1. The van der Waals surface area contributed by atoms with Crippen LogP contribution in [0.5, 0.6) is 5.75 Å². The molecule has 0 aromatic heterocycles. The lowest BCUT2D eigenvalue weighted by Crippen LogP contribution is -2.39. The minimum absolute atomic E-state index is 0.248. The van der Waals surface area contributed by atoms with Gasteiger partial charge in [-0.15, -0.1) is 0 Å². The Balaban J connectivity index is 1.77. The molecule has 0 radical (unpaired) electrons. The largest absolute Gasteiger partial charge is 0.497 e. The Bertz CT molecular complexity index is 1010. The predicted molar refractivity (Wildman–Crippen MR) is 123 cm³/mol. The molecule has 2 heterocycles. The number of carbonyl (C=O) groups is 2. The first kappa shape index (κ1) is 21.0. The van der Waals surface area contributed by atoms with Crippen molar-refractivity contribution in [1.29, 1.82) is 0 Å². The van der Waals surface area contributed by atoms with E-state index < -0.39 is 0 Å². The normalized spacial score (nSPS) is 19.3. The van der Waals surface area contributed by atoms with Gasteiger partial charge in [0.1, 0.15) is 11.4 Å². The Kier molecular flexibility index (Phi) is 5.72. The maximum Gasteiger partial charge on any atom is 0.282 e. The van der Waals surface area contributed by atoms with Gasteiger partial charge in [0.15, 0.2) is 0 Å². The van der Waals surface area contributed by atoms with E-state index in [-0.39, 0.29) is 11.8 Å². The van der Waals surface area contributed by atoms with Crippen LogP contribution in [0.25, 0.3) is 5.57 Å². The lowest BCUT2D eigenvalue weighted by atomic mass is 9.98. The highest BCUT2D eigenvalue weighted by Gasteiger charge is 2.43. The number of hydrogen-bond donors (Lipinski definition) is 0. The summed E-state index contributed by atoms with van der Waals surface area (Å²) in [6, 6.07) is 14.9. The SMILES string of the molecule is COc1ccc(C2=C(N3CCCC(C)C3)C(=O)N(c3ccc(N(C)C)cc3)C2=O)cc1. The standard InChI is InChI=1S/C25H29N3O3/c1-17-6-5-15-27(16-17)23-22(18-7-13-21(31-4)14-8-18)24(29)28(25(23)30)20-11-9-19(10-12-20)26(2)3/h7-14,17H,5-6,15-16H2,1-4H3.